The predicted octanol–water partition coefficient (Wildman–Crippen LogP) is 2.77. The van der Waals surface area contributed by atoms with E-state index >= 15 is 0 Å². The van der Waals surface area contributed by atoms with Crippen molar-refractivity contribution in [3.05, 3.63) is 40.0 Å². The zero-order chi connectivity index (χ0) is 12.7. The highest BCUT2D eigenvalue weighted by Crippen LogP contribution is 2.38. The Morgan fingerprint density at radius 2 is 2.33 bits per heavy atom. The molecule has 1 atom stereocenters. The third-order valence-corrected chi connectivity index (χ3v) is 4.09. The van der Waals surface area contributed by atoms with Crippen LogP contribution in [0, 0.1) is 0 Å². The number of halogens is 1. The lowest BCUT2D eigenvalue weighted by atomic mass is 10.1. The van der Waals surface area contributed by atoms with E-state index < -0.39 is 0 Å². The third kappa shape index (κ3) is 1.70. The van der Waals surface area contributed by atoms with Crippen molar-refractivity contribution >= 4 is 21.7 Å². The smallest absolute Gasteiger partial charge is 0.136 e. The van der Waals surface area contributed by atoms with Crippen LogP contribution >= 0.6 is 15.9 Å². The number of aryl methyl sites for hydroxylation is 1. The molecule has 2 N–H and O–H groups in total. The van der Waals surface area contributed by atoms with Gasteiger partial charge >= 0.3 is 0 Å². The standard InChI is InChI=1S/C13H14BrN3O/c1-18-9-4-2-8-3-5-12(10(8)6-9)17-13(15)11(14)7-16-17/h2,4,6-7,12H,3,5,15H2,1H3. The molecule has 4 nitrogen and oxygen atoms in total. The molecule has 0 saturated carbocycles. The number of nitrogens with two attached hydrogens (primary N) is 1. The summed E-state index contributed by atoms with van der Waals surface area (Å²) in [5.74, 6) is 1.56. The van der Waals surface area contributed by atoms with Gasteiger partial charge in [-0.1, -0.05) is 6.07 Å². The molecule has 3 rings (SSSR count). The largest absolute Gasteiger partial charge is 0.497 e. The predicted molar refractivity (Wildman–Crippen MR) is 73.8 cm³/mol. The van der Waals surface area contributed by atoms with Crippen LogP contribution in [-0.4, -0.2) is 16.9 Å². The van der Waals surface area contributed by atoms with Crippen LogP contribution < -0.4 is 10.5 Å². The summed E-state index contributed by atoms with van der Waals surface area (Å²) in [6.07, 6.45) is 3.83. The van der Waals surface area contributed by atoms with Gasteiger partial charge in [0, 0.05) is 0 Å². The molecule has 0 radical (unpaired) electrons. The van der Waals surface area contributed by atoms with Crippen molar-refractivity contribution < 1.29 is 4.74 Å². The van der Waals surface area contributed by atoms with Gasteiger partial charge in [-0.05, 0) is 52.0 Å². The van der Waals surface area contributed by atoms with Gasteiger partial charge in [0.2, 0.25) is 0 Å². The zero-order valence-corrected chi connectivity index (χ0v) is 11.6. The summed E-state index contributed by atoms with van der Waals surface area (Å²) >= 11 is 3.40. The van der Waals surface area contributed by atoms with Crippen molar-refractivity contribution in [2.45, 2.75) is 18.9 Å². The lowest BCUT2D eigenvalue weighted by Crippen LogP contribution is -2.12. The van der Waals surface area contributed by atoms with Crippen molar-refractivity contribution in [3.8, 4) is 5.75 Å². The fourth-order valence-electron chi connectivity index (χ4n) is 2.54. The quantitative estimate of drug-likeness (QED) is 0.928. The van der Waals surface area contributed by atoms with E-state index in [9.17, 15) is 0 Å². The van der Waals surface area contributed by atoms with E-state index in [1.807, 2.05) is 10.7 Å². The monoisotopic (exact) mass is 307 g/mol. The molecule has 0 bridgehead atoms. The van der Waals surface area contributed by atoms with Gasteiger partial charge in [0.05, 0.1) is 23.8 Å². The van der Waals surface area contributed by atoms with Crippen LogP contribution in [0.5, 0.6) is 5.75 Å². The van der Waals surface area contributed by atoms with E-state index in [1.54, 1.807) is 13.3 Å². The molecule has 0 aliphatic heterocycles. The van der Waals surface area contributed by atoms with Crippen LogP contribution in [0.1, 0.15) is 23.6 Å². The van der Waals surface area contributed by atoms with Crippen LogP contribution in [0.4, 0.5) is 5.82 Å². The molecule has 1 aromatic carbocycles. The third-order valence-electron chi connectivity index (χ3n) is 3.48. The first-order chi connectivity index (χ1) is 8.70. The summed E-state index contributed by atoms with van der Waals surface area (Å²) in [6.45, 7) is 0. The van der Waals surface area contributed by atoms with E-state index in [4.69, 9.17) is 10.5 Å². The average Bonchev–Trinajstić information content (AvgIpc) is 2.94. The van der Waals surface area contributed by atoms with Gasteiger partial charge in [0.15, 0.2) is 0 Å². The Labute approximate surface area is 114 Å². The normalized spacial score (nSPS) is 17.8. The molecule has 1 heterocycles. The molecule has 0 amide bonds. The maximum Gasteiger partial charge on any atom is 0.136 e. The highest BCUT2D eigenvalue weighted by atomic mass is 79.9. The molecule has 1 unspecified atom stereocenters. The van der Waals surface area contributed by atoms with Gasteiger partial charge in [0.25, 0.3) is 0 Å². The first-order valence-corrected chi connectivity index (χ1v) is 6.65. The van der Waals surface area contributed by atoms with Crippen LogP contribution in [0.2, 0.25) is 0 Å². The van der Waals surface area contributed by atoms with Crippen molar-refractivity contribution in [2.75, 3.05) is 12.8 Å². The molecule has 5 heteroatoms. The summed E-state index contributed by atoms with van der Waals surface area (Å²) in [5.41, 5.74) is 8.65. The topological polar surface area (TPSA) is 53.1 Å². The van der Waals surface area contributed by atoms with Crippen molar-refractivity contribution in [1.82, 2.24) is 9.78 Å². The Morgan fingerprint density at radius 1 is 1.50 bits per heavy atom. The minimum Gasteiger partial charge on any atom is -0.497 e. The molecule has 1 aliphatic carbocycles. The first-order valence-electron chi connectivity index (χ1n) is 5.86. The summed E-state index contributed by atoms with van der Waals surface area (Å²) in [6, 6.07) is 6.43. The molecule has 1 aromatic heterocycles. The zero-order valence-electron chi connectivity index (χ0n) is 10.1. The number of benzene rings is 1. The number of ether oxygens (including phenoxy) is 1. The number of anilines is 1. The molecule has 2 aromatic rings. The molecule has 1 aliphatic rings. The Balaban J connectivity index is 2.06. The van der Waals surface area contributed by atoms with E-state index in [0.717, 1.165) is 23.1 Å². The SMILES string of the molecule is COc1ccc2c(c1)C(n1ncc(Br)c1N)CC2. The summed E-state index contributed by atoms with van der Waals surface area (Å²) in [5, 5.41) is 4.36. The second-order valence-corrected chi connectivity index (χ2v) is 5.30. The Morgan fingerprint density at radius 3 is 3.00 bits per heavy atom. The number of hydrogen-bond donors (Lipinski definition) is 1. The molecule has 0 fully saturated rings. The number of aromatic nitrogens is 2. The van der Waals surface area contributed by atoms with Gasteiger partial charge in [-0.2, -0.15) is 5.10 Å². The van der Waals surface area contributed by atoms with Crippen LogP contribution in [0.25, 0.3) is 0 Å². The lowest BCUT2D eigenvalue weighted by Gasteiger charge is -2.15. The minimum absolute atomic E-state index is 0.210. The number of nitrogen functional groups attached to an aromatic ring is 1. The van der Waals surface area contributed by atoms with E-state index in [1.165, 1.54) is 11.1 Å². The van der Waals surface area contributed by atoms with Crippen molar-refractivity contribution in [3.63, 3.8) is 0 Å². The van der Waals surface area contributed by atoms with E-state index in [0.29, 0.717) is 5.82 Å². The number of rotatable bonds is 2. The van der Waals surface area contributed by atoms with Gasteiger partial charge in [-0.25, -0.2) is 4.68 Å². The highest BCUT2D eigenvalue weighted by Gasteiger charge is 2.26. The van der Waals surface area contributed by atoms with Crippen molar-refractivity contribution in [2.24, 2.45) is 0 Å². The maximum atomic E-state index is 6.03. The summed E-state index contributed by atoms with van der Waals surface area (Å²) in [7, 11) is 1.69. The minimum atomic E-state index is 0.210. The summed E-state index contributed by atoms with van der Waals surface area (Å²) in [4.78, 5) is 0. The highest BCUT2D eigenvalue weighted by molar-refractivity contribution is 9.10. The Bertz CT molecular complexity index is 594. The van der Waals surface area contributed by atoms with Gasteiger partial charge in [0.1, 0.15) is 11.6 Å². The van der Waals surface area contributed by atoms with Crippen LogP contribution in [0.15, 0.2) is 28.9 Å². The van der Waals surface area contributed by atoms with Gasteiger partial charge < -0.3 is 10.5 Å². The van der Waals surface area contributed by atoms with Crippen molar-refractivity contribution in [1.29, 1.82) is 0 Å². The van der Waals surface area contributed by atoms with Gasteiger partial charge in [-0.3, -0.25) is 0 Å². The number of fused-ring (bicyclic) bond motifs is 1. The number of methoxy groups -OCH3 is 1. The van der Waals surface area contributed by atoms with Gasteiger partial charge in [-0.15, -0.1) is 0 Å². The molecule has 0 spiro atoms. The molecule has 18 heavy (non-hydrogen) atoms. The Kier molecular flexibility index (Phi) is 2.78. The maximum absolute atomic E-state index is 6.03. The van der Waals surface area contributed by atoms with E-state index in [2.05, 4.69) is 33.2 Å². The Hall–Kier alpha value is -1.49. The molecular weight excluding hydrogens is 294 g/mol. The molecular formula is C13H14BrN3O. The van der Waals surface area contributed by atoms with Crippen LogP contribution in [-0.2, 0) is 6.42 Å². The first kappa shape index (κ1) is 11.6. The second-order valence-electron chi connectivity index (χ2n) is 4.44. The number of hydrogen-bond acceptors (Lipinski definition) is 3. The fraction of sp³-hybridized carbons (Fsp3) is 0.308. The van der Waals surface area contributed by atoms with E-state index in [-0.39, 0.29) is 6.04 Å². The average molecular weight is 308 g/mol. The van der Waals surface area contributed by atoms with Crippen LogP contribution in [0.3, 0.4) is 0 Å². The second kappa shape index (κ2) is 4.31. The molecule has 0 saturated heterocycles. The lowest BCUT2D eigenvalue weighted by molar-refractivity contribution is 0.413. The fourth-order valence-corrected chi connectivity index (χ4v) is 2.81. The summed E-state index contributed by atoms with van der Waals surface area (Å²) < 4.78 is 8.02. The number of nitrogens with zero attached hydrogens (tertiary/aromatic N) is 2. The molecule has 94 valence electrons.